The van der Waals surface area contributed by atoms with Crippen molar-refractivity contribution in [1.82, 2.24) is 14.8 Å². The number of hydrogen-bond donors (Lipinski definition) is 1. The lowest BCUT2D eigenvalue weighted by atomic mass is 9.83. The van der Waals surface area contributed by atoms with Crippen LogP contribution >= 0.6 is 0 Å². The summed E-state index contributed by atoms with van der Waals surface area (Å²) >= 11 is 0. The third-order valence-electron chi connectivity index (χ3n) is 6.82. The van der Waals surface area contributed by atoms with Crippen LogP contribution in [0.1, 0.15) is 31.7 Å². The molecule has 0 radical (unpaired) electrons. The largest absolute Gasteiger partial charge is 0.310 e. The number of amides is 2. The fourth-order valence-electron chi connectivity index (χ4n) is 4.76. The Morgan fingerprint density at radius 2 is 1.97 bits per heavy atom. The maximum Gasteiger partial charge on any atom is 0.233 e. The number of benzene rings is 1. The molecule has 7 nitrogen and oxygen atoms in total. The van der Waals surface area contributed by atoms with E-state index in [1.807, 2.05) is 6.92 Å². The van der Waals surface area contributed by atoms with E-state index in [4.69, 9.17) is 0 Å². The summed E-state index contributed by atoms with van der Waals surface area (Å²) in [5.41, 5.74) is 1.49. The van der Waals surface area contributed by atoms with Crippen LogP contribution in [0.2, 0.25) is 0 Å². The Labute approximate surface area is 195 Å². The zero-order chi connectivity index (χ0) is 24.0. The van der Waals surface area contributed by atoms with Crippen LogP contribution in [0, 0.1) is 23.0 Å². The Kier molecular flexibility index (Phi) is 5.42. The number of aryl methyl sites for hydroxylation is 1. The fraction of sp³-hybridized carbons (Fsp3) is 0.360. The molecule has 1 saturated heterocycles. The number of carbonyl (C=O) groups excluding carboxylic acids is 2. The van der Waals surface area contributed by atoms with Crippen molar-refractivity contribution >= 4 is 23.3 Å². The Balaban J connectivity index is 1.31. The minimum absolute atomic E-state index is 0.0833. The number of nitrogens with one attached hydrogen (secondary N) is 1. The van der Waals surface area contributed by atoms with Gasteiger partial charge in [0.2, 0.25) is 11.8 Å². The predicted molar refractivity (Wildman–Crippen MR) is 123 cm³/mol. The second-order valence-corrected chi connectivity index (χ2v) is 9.40. The van der Waals surface area contributed by atoms with E-state index in [1.165, 1.54) is 23.1 Å². The SMILES string of the molecule is Cn1cc(-c2cc(F)cc(CC(=O)Nc3cc(N4CC[C@@](C)(C5CC5)C4=O)c(F)cn3)c2)cn1. The summed E-state index contributed by atoms with van der Waals surface area (Å²) in [5.74, 6) is -1.09. The smallest absolute Gasteiger partial charge is 0.233 e. The molecule has 1 saturated carbocycles. The quantitative estimate of drug-likeness (QED) is 0.595. The number of rotatable bonds is 6. The van der Waals surface area contributed by atoms with Gasteiger partial charge in [0.15, 0.2) is 5.82 Å². The number of aromatic nitrogens is 3. The molecule has 0 spiro atoms. The molecule has 2 amide bonds. The van der Waals surface area contributed by atoms with Gasteiger partial charge in [-0.25, -0.2) is 13.8 Å². The summed E-state index contributed by atoms with van der Waals surface area (Å²) in [7, 11) is 1.77. The van der Waals surface area contributed by atoms with Crippen molar-refractivity contribution < 1.29 is 18.4 Å². The van der Waals surface area contributed by atoms with Crippen molar-refractivity contribution in [2.75, 3.05) is 16.8 Å². The molecule has 3 aromatic rings. The minimum Gasteiger partial charge on any atom is -0.310 e. The highest BCUT2D eigenvalue weighted by Gasteiger charge is 2.52. The van der Waals surface area contributed by atoms with E-state index in [9.17, 15) is 18.4 Å². The molecular formula is C25H25F2N5O2. The second kappa shape index (κ2) is 8.30. The molecule has 0 unspecified atom stereocenters. The third-order valence-corrected chi connectivity index (χ3v) is 6.82. The van der Waals surface area contributed by atoms with E-state index in [-0.39, 0.29) is 23.8 Å². The van der Waals surface area contributed by atoms with Crippen molar-refractivity contribution in [2.45, 2.75) is 32.6 Å². The van der Waals surface area contributed by atoms with E-state index < -0.39 is 23.0 Å². The lowest BCUT2D eigenvalue weighted by molar-refractivity contribution is -0.125. The average Bonchev–Trinajstić information content (AvgIpc) is 3.49. The first-order chi connectivity index (χ1) is 16.2. The Bertz CT molecular complexity index is 1290. The number of carbonyl (C=O) groups is 2. The molecule has 2 aromatic heterocycles. The van der Waals surface area contributed by atoms with Crippen molar-refractivity contribution in [3.05, 3.63) is 60.1 Å². The van der Waals surface area contributed by atoms with Crippen LogP contribution in [0.5, 0.6) is 0 Å². The van der Waals surface area contributed by atoms with Crippen LogP contribution in [0.25, 0.3) is 11.1 Å². The summed E-state index contributed by atoms with van der Waals surface area (Å²) in [5, 5.41) is 6.73. The molecule has 1 N–H and O–H groups in total. The van der Waals surface area contributed by atoms with Gasteiger partial charge >= 0.3 is 0 Å². The fourth-order valence-corrected chi connectivity index (χ4v) is 4.76. The molecule has 1 atom stereocenters. The lowest BCUT2D eigenvalue weighted by Gasteiger charge is -2.23. The number of pyridine rings is 1. The van der Waals surface area contributed by atoms with E-state index >= 15 is 0 Å². The molecule has 176 valence electrons. The van der Waals surface area contributed by atoms with Gasteiger partial charge in [0.25, 0.3) is 0 Å². The highest BCUT2D eigenvalue weighted by molar-refractivity contribution is 6.01. The van der Waals surface area contributed by atoms with Crippen LogP contribution in [-0.2, 0) is 23.1 Å². The molecule has 0 bridgehead atoms. The van der Waals surface area contributed by atoms with Gasteiger partial charge in [-0.15, -0.1) is 0 Å². The van der Waals surface area contributed by atoms with Gasteiger partial charge in [-0.3, -0.25) is 14.3 Å². The molecule has 34 heavy (non-hydrogen) atoms. The van der Waals surface area contributed by atoms with E-state index in [1.54, 1.807) is 30.2 Å². The summed E-state index contributed by atoms with van der Waals surface area (Å²) in [4.78, 5) is 31.1. The topological polar surface area (TPSA) is 80.1 Å². The van der Waals surface area contributed by atoms with Crippen LogP contribution < -0.4 is 10.2 Å². The zero-order valence-corrected chi connectivity index (χ0v) is 19.0. The summed E-state index contributed by atoms with van der Waals surface area (Å²) < 4.78 is 30.4. The van der Waals surface area contributed by atoms with E-state index in [2.05, 4.69) is 15.4 Å². The van der Waals surface area contributed by atoms with Crippen molar-refractivity contribution in [3.63, 3.8) is 0 Å². The van der Waals surface area contributed by atoms with Crippen molar-refractivity contribution in [2.24, 2.45) is 18.4 Å². The van der Waals surface area contributed by atoms with Crippen LogP contribution in [0.15, 0.2) is 42.9 Å². The first-order valence-corrected chi connectivity index (χ1v) is 11.3. The standard InChI is InChI=1S/C25H25F2N5O2/c1-25(18-3-4-18)5-6-32(24(25)34)21-11-22(28-13-20(21)27)30-23(33)9-15-7-16(10-19(26)8-15)17-12-29-31(2)14-17/h7-8,10-14,18H,3-6,9H2,1-2H3,(H,28,30,33)/t25-/m0/s1. The monoisotopic (exact) mass is 465 g/mol. The normalized spacial score (nSPS) is 20.1. The molecule has 5 rings (SSSR count). The van der Waals surface area contributed by atoms with Gasteiger partial charge in [-0.2, -0.15) is 5.10 Å². The first kappa shape index (κ1) is 22.2. The molecule has 9 heteroatoms. The Morgan fingerprint density at radius 3 is 2.68 bits per heavy atom. The van der Waals surface area contributed by atoms with Gasteiger partial charge < -0.3 is 10.2 Å². The van der Waals surface area contributed by atoms with Gasteiger partial charge in [0, 0.05) is 31.4 Å². The maximum atomic E-state index is 14.6. The maximum absolute atomic E-state index is 14.6. The summed E-state index contributed by atoms with van der Waals surface area (Å²) in [6.07, 6.45) is 7.03. The predicted octanol–water partition coefficient (Wildman–Crippen LogP) is 4.09. The Morgan fingerprint density at radius 1 is 1.18 bits per heavy atom. The molecule has 3 heterocycles. The average molecular weight is 466 g/mol. The molecule has 1 aliphatic heterocycles. The number of hydrogen-bond acceptors (Lipinski definition) is 4. The van der Waals surface area contributed by atoms with Crippen molar-refractivity contribution in [3.8, 4) is 11.1 Å². The molecular weight excluding hydrogens is 440 g/mol. The van der Waals surface area contributed by atoms with Crippen LogP contribution in [0.3, 0.4) is 0 Å². The van der Waals surface area contributed by atoms with Gasteiger partial charge in [-0.05, 0) is 48.4 Å². The number of nitrogens with zero attached hydrogens (tertiary/aromatic N) is 4. The number of halogens is 2. The highest BCUT2D eigenvalue weighted by Crippen LogP contribution is 2.52. The summed E-state index contributed by atoms with van der Waals surface area (Å²) in [6, 6.07) is 5.79. The molecule has 2 fully saturated rings. The molecule has 2 aliphatic rings. The molecule has 1 aliphatic carbocycles. The first-order valence-electron chi connectivity index (χ1n) is 11.3. The highest BCUT2D eigenvalue weighted by atomic mass is 19.1. The van der Waals surface area contributed by atoms with E-state index in [0.717, 1.165) is 24.6 Å². The number of anilines is 2. The van der Waals surface area contributed by atoms with Crippen molar-refractivity contribution in [1.29, 1.82) is 0 Å². The second-order valence-electron chi connectivity index (χ2n) is 9.40. The van der Waals surface area contributed by atoms with Crippen LogP contribution in [0.4, 0.5) is 20.3 Å². The zero-order valence-electron chi connectivity index (χ0n) is 19.0. The minimum atomic E-state index is -0.613. The van der Waals surface area contributed by atoms with Gasteiger partial charge in [-0.1, -0.05) is 13.0 Å². The molecule has 1 aromatic carbocycles. The van der Waals surface area contributed by atoms with Gasteiger partial charge in [0.05, 0.1) is 29.9 Å². The Hall–Kier alpha value is -3.62. The lowest BCUT2D eigenvalue weighted by Crippen LogP contribution is -2.34. The van der Waals surface area contributed by atoms with Crippen LogP contribution in [-0.4, -0.2) is 33.1 Å². The summed E-state index contributed by atoms with van der Waals surface area (Å²) in [6.45, 7) is 2.38. The third kappa shape index (κ3) is 4.18. The van der Waals surface area contributed by atoms with Gasteiger partial charge in [0.1, 0.15) is 11.6 Å². The van der Waals surface area contributed by atoms with E-state index in [0.29, 0.717) is 30.0 Å².